The van der Waals surface area contributed by atoms with Crippen molar-refractivity contribution in [2.75, 3.05) is 21.2 Å². The molecule has 0 aliphatic heterocycles. The highest BCUT2D eigenvalue weighted by atomic mass is 16.5. The molecule has 1 aromatic rings. The average Bonchev–Trinajstić information content (AvgIpc) is 2.87. The Bertz CT molecular complexity index is 381. The highest BCUT2D eigenvalue weighted by Crippen LogP contribution is 2.25. The van der Waals surface area contributed by atoms with E-state index < -0.39 is 0 Å². The van der Waals surface area contributed by atoms with Crippen LogP contribution in [0.1, 0.15) is 24.8 Å². The van der Waals surface area contributed by atoms with Gasteiger partial charge in [0.1, 0.15) is 5.75 Å². The zero-order valence-corrected chi connectivity index (χ0v) is 11.6. The first kappa shape index (κ1) is 13.4. The van der Waals surface area contributed by atoms with Crippen molar-refractivity contribution in [3.63, 3.8) is 0 Å². The number of benzene rings is 1. The number of nitrogens with zero attached hydrogens (tertiary/aromatic N) is 1. The Hall–Kier alpha value is -1.06. The molecule has 3 heteroatoms. The van der Waals surface area contributed by atoms with Gasteiger partial charge in [-0.1, -0.05) is 18.6 Å². The molecule has 0 spiro atoms. The number of nitrogens with one attached hydrogen (secondary N) is 1. The predicted octanol–water partition coefficient (Wildman–Crippen LogP) is 2.27. The van der Waals surface area contributed by atoms with E-state index in [9.17, 15) is 0 Å². The van der Waals surface area contributed by atoms with E-state index in [1.54, 1.807) is 7.11 Å². The summed E-state index contributed by atoms with van der Waals surface area (Å²) in [6.07, 6.45) is 3.92. The quantitative estimate of drug-likeness (QED) is 0.865. The number of hydrogen-bond donors (Lipinski definition) is 1. The summed E-state index contributed by atoms with van der Waals surface area (Å²) in [6.45, 7) is 0.986. The molecule has 1 N–H and O–H groups in total. The average molecular weight is 248 g/mol. The maximum absolute atomic E-state index is 5.27. The molecule has 1 saturated carbocycles. The second-order valence-electron chi connectivity index (χ2n) is 5.16. The maximum atomic E-state index is 5.27. The minimum Gasteiger partial charge on any atom is -0.497 e. The summed E-state index contributed by atoms with van der Waals surface area (Å²) in [5, 5.41) is 3.44. The van der Waals surface area contributed by atoms with Gasteiger partial charge in [0.2, 0.25) is 0 Å². The van der Waals surface area contributed by atoms with Crippen LogP contribution in [0.15, 0.2) is 24.3 Å². The van der Waals surface area contributed by atoms with E-state index in [2.05, 4.69) is 42.5 Å². The summed E-state index contributed by atoms with van der Waals surface area (Å²) in [6, 6.07) is 9.64. The first-order valence-electron chi connectivity index (χ1n) is 6.75. The summed E-state index contributed by atoms with van der Waals surface area (Å²) in [4.78, 5) is 2.46. The standard InChI is InChI=1S/C15H24N2O/c1-16-14-8-5-9-15(14)17(2)11-12-6-4-7-13(10-12)18-3/h4,6-7,10,14-16H,5,8-9,11H2,1-3H3. The molecule has 0 radical (unpaired) electrons. The maximum Gasteiger partial charge on any atom is 0.119 e. The monoisotopic (exact) mass is 248 g/mol. The lowest BCUT2D eigenvalue weighted by atomic mass is 10.1. The van der Waals surface area contributed by atoms with Crippen molar-refractivity contribution in [2.45, 2.75) is 37.9 Å². The van der Waals surface area contributed by atoms with Crippen LogP contribution in [0, 0.1) is 0 Å². The van der Waals surface area contributed by atoms with Crippen LogP contribution in [0.25, 0.3) is 0 Å². The minimum atomic E-state index is 0.639. The normalized spacial score (nSPS) is 23.6. The molecule has 1 aliphatic carbocycles. The van der Waals surface area contributed by atoms with Crippen molar-refractivity contribution in [3.8, 4) is 5.75 Å². The molecule has 2 atom stereocenters. The summed E-state index contributed by atoms with van der Waals surface area (Å²) >= 11 is 0. The molecule has 0 amide bonds. The molecular weight excluding hydrogens is 224 g/mol. The minimum absolute atomic E-state index is 0.639. The number of rotatable bonds is 5. The topological polar surface area (TPSA) is 24.5 Å². The Morgan fingerprint density at radius 1 is 1.39 bits per heavy atom. The molecule has 0 bridgehead atoms. The molecule has 3 nitrogen and oxygen atoms in total. The lowest BCUT2D eigenvalue weighted by molar-refractivity contribution is 0.208. The highest BCUT2D eigenvalue weighted by Gasteiger charge is 2.28. The van der Waals surface area contributed by atoms with Crippen molar-refractivity contribution in [1.29, 1.82) is 0 Å². The molecule has 2 rings (SSSR count). The molecule has 1 aliphatic rings. The van der Waals surface area contributed by atoms with E-state index in [1.807, 2.05) is 6.07 Å². The first-order valence-corrected chi connectivity index (χ1v) is 6.75. The second-order valence-corrected chi connectivity index (χ2v) is 5.16. The molecule has 0 heterocycles. The third kappa shape index (κ3) is 3.03. The molecular formula is C15H24N2O. The van der Waals surface area contributed by atoms with E-state index in [1.165, 1.54) is 24.8 Å². The molecule has 18 heavy (non-hydrogen) atoms. The Morgan fingerprint density at radius 3 is 2.94 bits per heavy atom. The zero-order chi connectivity index (χ0) is 13.0. The van der Waals surface area contributed by atoms with E-state index in [4.69, 9.17) is 4.74 Å². The van der Waals surface area contributed by atoms with Crippen molar-refractivity contribution in [2.24, 2.45) is 0 Å². The van der Waals surface area contributed by atoms with Crippen LogP contribution in [0.3, 0.4) is 0 Å². The lowest BCUT2D eigenvalue weighted by Crippen LogP contribution is -2.43. The molecule has 1 aromatic carbocycles. The number of methoxy groups -OCH3 is 1. The third-order valence-corrected chi connectivity index (χ3v) is 3.98. The van der Waals surface area contributed by atoms with Gasteiger partial charge in [0.15, 0.2) is 0 Å². The van der Waals surface area contributed by atoms with Gasteiger partial charge in [-0.25, -0.2) is 0 Å². The Kier molecular flexibility index (Phi) is 4.61. The van der Waals surface area contributed by atoms with E-state index in [0.717, 1.165) is 12.3 Å². The number of hydrogen-bond acceptors (Lipinski definition) is 3. The largest absolute Gasteiger partial charge is 0.497 e. The number of ether oxygens (including phenoxy) is 1. The fourth-order valence-electron chi connectivity index (χ4n) is 2.98. The molecule has 1 fully saturated rings. The van der Waals surface area contributed by atoms with Crippen LogP contribution in [0.4, 0.5) is 0 Å². The van der Waals surface area contributed by atoms with Gasteiger partial charge in [0.05, 0.1) is 7.11 Å². The molecule has 100 valence electrons. The fourth-order valence-corrected chi connectivity index (χ4v) is 2.98. The van der Waals surface area contributed by atoms with Crippen molar-refractivity contribution < 1.29 is 4.74 Å². The second kappa shape index (κ2) is 6.21. The van der Waals surface area contributed by atoms with Crippen LogP contribution in [-0.2, 0) is 6.54 Å². The van der Waals surface area contributed by atoms with E-state index in [-0.39, 0.29) is 0 Å². The van der Waals surface area contributed by atoms with Gasteiger partial charge in [0, 0.05) is 18.6 Å². The number of likely N-dealkylation sites (N-methyl/N-ethyl adjacent to an activating group) is 2. The first-order chi connectivity index (χ1) is 8.74. The molecule has 0 aromatic heterocycles. The van der Waals surface area contributed by atoms with Crippen molar-refractivity contribution in [1.82, 2.24) is 10.2 Å². The fraction of sp³-hybridized carbons (Fsp3) is 0.600. The van der Waals surface area contributed by atoms with Crippen LogP contribution in [0.2, 0.25) is 0 Å². The summed E-state index contributed by atoms with van der Waals surface area (Å²) in [7, 11) is 6.01. The smallest absolute Gasteiger partial charge is 0.119 e. The van der Waals surface area contributed by atoms with Gasteiger partial charge in [0.25, 0.3) is 0 Å². The van der Waals surface area contributed by atoms with Crippen molar-refractivity contribution in [3.05, 3.63) is 29.8 Å². The van der Waals surface area contributed by atoms with Crippen LogP contribution >= 0.6 is 0 Å². The third-order valence-electron chi connectivity index (χ3n) is 3.98. The van der Waals surface area contributed by atoms with Gasteiger partial charge in [-0.2, -0.15) is 0 Å². The highest BCUT2D eigenvalue weighted by molar-refractivity contribution is 5.28. The Morgan fingerprint density at radius 2 is 2.22 bits per heavy atom. The molecule has 0 saturated heterocycles. The molecule has 2 unspecified atom stereocenters. The van der Waals surface area contributed by atoms with E-state index in [0.29, 0.717) is 12.1 Å². The van der Waals surface area contributed by atoms with Gasteiger partial charge in [-0.05, 0) is 44.6 Å². The van der Waals surface area contributed by atoms with Gasteiger partial charge >= 0.3 is 0 Å². The zero-order valence-electron chi connectivity index (χ0n) is 11.6. The van der Waals surface area contributed by atoms with Crippen LogP contribution in [0.5, 0.6) is 5.75 Å². The van der Waals surface area contributed by atoms with Crippen molar-refractivity contribution >= 4 is 0 Å². The predicted molar refractivity (Wildman–Crippen MR) is 74.9 cm³/mol. The van der Waals surface area contributed by atoms with Crippen LogP contribution in [-0.4, -0.2) is 38.2 Å². The Balaban J connectivity index is 1.99. The Labute approximate surface area is 110 Å². The SMILES string of the molecule is CNC1CCCC1N(C)Cc1cccc(OC)c1. The van der Waals surface area contributed by atoms with Gasteiger partial charge < -0.3 is 10.1 Å². The van der Waals surface area contributed by atoms with Gasteiger partial charge in [-0.3, -0.25) is 4.90 Å². The summed E-state index contributed by atoms with van der Waals surface area (Å²) < 4.78 is 5.27. The van der Waals surface area contributed by atoms with E-state index >= 15 is 0 Å². The summed E-state index contributed by atoms with van der Waals surface area (Å²) in [5.41, 5.74) is 1.32. The lowest BCUT2D eigenvalue weighted by Gasteiger charge is -2.29. The van der Waals surface area contributed by atoms with Gasteiger partial charge in [-0.15, -0.1) is 0 Å². The van der Waals surface area contributed by atoms with Crippen LogP contribution < -0.4 is 10.1 Å². The summed E-state index contributed by atoms with van der Waals surface area (Å²) in [5.74, 6) is 0.942.